The van der Waals surface area contributed by atoms with E-state index in [0.29, 0.717) is 11.6 Å². The average Bonchev–Trinajstić information content (AvgIpc) is 3.14. The van der Waals surface area contributed by atoms with E-state index in [9.17, 15) is 14.4 Å². The Morgan fingerprint density at radius 3 is 2.40 bits per heavy atom. The van der Waals surface area contributed by atoms with Crippen molar-refractivity contribution in [2.75, 3.05) is 18.6 Å². The van der Waals surface area contributed by atoms with Crippen LogP contribution in [0.15, 0.2) is 59.5 Å². The minimum atomic E-state index is -1.33. The van der Waals surface area contributed by atoms with Gasteiger partial charge in [-0.2, -0.15) is 0 Å². The second kappa shape index (κ2) is 9.87. The third-order valence-electron chi connectivity index (χ3n) is 6.00. The largest absolute Gasteiger partial charge is 0.497 e. The number of nitrogens with zero attached hydrogens (tertiary/aromatic N) is 2. The molecule has 0 spiro atoms. The summed E-state index contributed by atoms with van der Waals surface area (Å²) in [5.74, 6) is -4.27. The van der Waals surface area contributed by atoms with E-state index in [1.165, 1.54) is 42.0 Å². The maximum Gasteiger partial charge on any atom is 0.274 e. The highest BCUT2D eigenvalue weighted by Crippen LogP contribution is 2.36. The number of carbonyl (C=O) groups excluding carboxylic acids is 2. The summed E-state index contributed by atoms with van der Waals surface area (Å²) < 4.78 is 36.4. The molecule has 2 amide bonds. The number of hydrogen-bond donors (Lipinski definition) is 1. The molecule has 1 aliphatic heterocycles. The molecule has 3 aromatic rings. The van der Waals surface area contributed by atoms with Gasteiger partial charge in [-0.3, -0.25) is 14.4 Å². The van der Waals surface area contributed by atoms with Crippen molar-refractivity contribution in [1.29, 1.82) is 0 Å². The van der Waals surface area contributed by atoms with Gasteiger partial charge in [0.2, 0.25) is 5.91 Å². The van der Waals surface area contributed by atoms with E-state index < -0.39 is 41.0 Å². The third-order valence-corrected chi connectivity index (χ3v) is 6.25. The molecule has 2 atom stereocenters. The molecular formula is C25H22ClF2N3O4. The molecule has 0 saturated carbocycles. The van der Waals surface area contributed by atoms with Gasteiger partial charge in [-0.25, -0.2) is 8.78 Å². The Morgan fingerprint density at radius 1 is 1.14 bits per heavy atom. The molecule has 7 nitrogen and oxygen atoms in total. The Morgan fingerprint density at radius 2 is 1.80 bits per heavy atom. The first-order valence-electron chi connectivity index (χ1n) is 10.8. The fourth-order valence-electron chi connectivity index (χ4n) is 4.21. The van der Waals surface area contributed by atoms with Gasteiger partial charge in [0.1, 0.15) is 29.1 Å². The zero-order valence-electron chi connectivity index (χ0n) is 18.9. The molecule has 35 heavy (non-hydrogen) atoms. The number of aromatic nitrogens is 1. The van der Waals surface area contributed by atoms with Crippen LogP contribution in [0.1, 0.15) is 28.8 Å². The molecule has 0 unspecified atom stereocenters. The summed E-state index contributed by atoms with van der Waals surface area (Å²) in [5.41, 5.74) is -0.540. The van der Waals surface area contributed by atoms with Gasteiger partial charge in [0, 0.05) is 53.5 Å². The first-order valence-corrected chi connectivity index (χ1v) is 11.2. The number of nitrogens with one attached hydrogen (secondary N) is 1. The smallest absolute Gasteiger partial charge is 0.274 e. The lowest BCUT2D eigenvalue weighted by Gasteiger charge is -2.20. The third kappa shape index (κ3) is 4.64. The Labute approximate surface area is 204 Å². The second-order valence-electron chi connectivity index (χ2n) is 8.00. The molecule has 182 valence electrons. The summed E-state index contributed by atoms with van der Waals surface area (Å²) in [6.07, 6.45) is 1.58. The van der Waals surface area contributed by atoms with Crippen molar-refractivity contribution in [2.45, 2.75) is 25.4 Å². The van der Waals surface area contributed by atoms with E-state index in [4.69, 9.17) is 16.3 Å². The van der Waals surface area contributed by atoms with Crippen molar-refractivity contribution in [3.05, 3.63) is 92.9 Å². The lowest BCUT2D eigenvalue weighted by molar-refractivity contribution is -0.118. The lowest BCUT2D eigenvalue weighted by atomic mass is 9.92. The van der Waals surface area contributed by atoms with Crippen LogP contribution in [0.5, 0.6) is 5.75 Å². The molecule has 1 aliphatic rings. The maximum absolute atomic E-state index is 15.0. The van der Waals surface area contributed by atoms with Crippen LogP contribution >= 0.6 is 11.6 Å². The Balaban J connectivity index is 1.77. The standard InChI is InChI=1S/C25H22ClF2N3O4/c1-3-30-10-4-5-20(24(30)33)31-13-17(21-18(27)11-16(35-2)12-19(21)28)22(25(31)34)29-23(32)14-6-8-15(26)9-7-14/h4-12,17,22H,3,13H2,1-2H3,(H,29,32)/t17-,22-/m0/s1. The van der Waals surface area contributed by atoms with Crippen LogP contribution in [-0.4, -0.2) is 36.1 Å². The molecule has 1 aromatic heterocycles. The number of hydrogen-bond acceptors (Lipinski definition) is 4. The van der Waals surface area contributed by atoms with Crippen LogP contribution in [0.4, 0.5) is 14.5 Å². The van der Waals surface area contributed by atoms with Gasteiger partial charge in [0.05, 0.1) is 7.11 Å². The van der Waals surface area contributed by atoms with Crippen molar-refractivity contribution in [3.8, 4) is 5.75 Å². The van der Waals surface area contributed by atoms with E-state index in [1.54, 1.807) is 19.2 Å². The number of pyridine rings is 1. The Bertz CT molecular complexity index is 1320. The Hall–Kier alpha value is -3.72. The van der Waals surface area contributed by atoms with Crippen LogP contribution in [0.3, 0.4) is 0 Å². The van der Waals surface area contributed by atoms with Crippen LogP contribution in [0.2, 0.25) is 5.02 Å². The molecule has 2 aromatic carbocycles. The van der Waals surface area contributed by atoms with Crippen molar-refractivity contribution >= 4 is 29.1 Å². The maximum atomic E-state index is 15.0. The van der Waals surface area contributed by atoms with Gasteiger partial charge in [-0.1, -0.05) is 11.6 Å². The first-order chi connectivity index (χ1) is 16.7. The highest BCUT2D eigenvalue weighted by molar-refractivity contribution is 6.30. The van der Waals surface area contributed by atoms with Gasteiger partial charge in [-0.05, 0) is 43.3 Å². The molecule has 1 N–H and O–H groups in total. The van der Waals surface area contributed by atoms with Gasteiger partial charge < -0.3 is 19.5 Å². The van der Waals surface area contributed by atoms with Crippen LogP contribution in [-0.2, 0) is 11.3 Å². The molecule has 2 heterocycles. The van der Waals surface area contributed by atoms with E-state index in [0.717, 1.165) is 17.0 Å². The van der Waals surface area contributed by atoms with Crippen molar-refractivity contribution in [2.24, 2.45) is 0 Å². The minimum absolute atomic E-state index is 0.0272. The number of rotatable bonds is 6. The summed E-state index contributed by atoms with van der Waals surface area (Å²) in [6.45, 7) is 1.93. The lowest BCUT2D eigenvalue weighted by Crippen LogP contribution is -2.44. The fraction of sp³-hybridized carbons (Fsp3) is 0.240. The Kier molecular flexibility index (Phi) is 6.88. The number of carbonyl (C=O) groups is 2. The fourth-order valence-corrected chi connectivity index (χ4v) is 4.33. The number of anilines is 1. The van der Waals surface area contributed by atoms with Crippen LogP contribution < -0.4 is 20.5 Å². The van der Waals surface area contributed by atoms with E-state index >= 15 is 8.78 Å². The van der Waals surface area contributed by atoms with Crippen molar-refractivity contribution < 1.29 is 23.1 Å². The van der Waals surface area contributed by atoms with Gasteiger partial charge in [0.15, 0.2) is 0 Å². The molecule has 0 radical (unpaired) electrons. The number of amides is 2. The highest BCUT2D eigenvalue weighted by atomic mass is 35.5. The summed E-state index contributed by atoms with van der Waals surface area (Å²) in [5, 5.41) is 3.01. The molecule has 10 heteroatoms. The summed E-state index contributed by atoms with van der Waals surface area (Å²) in [6, 6.07) is 9.72. The predicted octanol–water partition coefficient (Wildman–Crippen LogP) is 3.74. The highest BCUT2D eigenvalue weighted by Gasteiger charge is 2.45. The predicted molar refractivity (Wildman–Crippen MR) is 127 cm³/mol. The zero-order valence-corrected chi connectivity index (χ0v) is 19.7. The average molecular weight is 502 g/mol. The number of halogens is 3. The van der Waals surface area contributed by atoms with Gasteiger partial charge >= 0.3 is 0 Å². The van der Waals surface area contributed by atoms with Crippen LogP contribution in [0, 0.1) is 11.6 Å². The SMILES string of the molecule is CCn1cccc(N2C[C@@H](c3c(F)cc(OC)cc3F)[C@H](NC(=O)c3ccc(Cl)cc3)C2=O)c1=O. The van der Waals surface area contributed by atoms with E-state index in [1.807, 2.05) is 0 Å². The minimum Gasteiger partial charge on any atom is -0.497 e. The summed E-state index contributed by atoms with van der Waals surface area (Å²) >= 11 is 5.88. The van der Waals surface area contributed by atoms with E-state index in [-0.39, 0.29) is 29.1 Å². The molecule has 0 bridgehead atoms. The topological polar surface area (TPSA) is 80.6 Å². The molecular weight excluding hydrogens is 480 g/mol. The van der Waals surface area contributed by atoms with Crippen LogP contribution in [0.25, 0.3) is 0 Å². The first kappa shape index (κ1) is 24.4. The number of aryl methyl sites for hydroxylation is 1. The molecule has 4 rings (SSSR count). The number of benzene rings is 2. The monoisotopic (exact) mass is 501 g/mol. The zero-order chi connectivity index (χ0) is 25.3. The summed E-state index contributed by atoms with van der Waals surface area (Å²) in [7, 11) is 1.28. The van der Waals surface area contributed by atoms with Gasteiger partial charge in [0.25, 0.3) is 11.5 Å². The van der Waals surface area contributed by atoms with E-state index in [2.05, 4.69) is 5.32 Å². The number of methoxy groups -OCH3 is 1. The van der Waals surface area contributed by atoms with Crippen molar-refractivity contribution in [1.82, 2.24) is 9.88 Å². The van der Waals surface area contributed by atoms with Gasteiger partial charge in [-0.15, -0.1) is 0 Å². The number of ether oxygens (including phenoxy) is 1. The molecule has 1 fully saturated rings. The summed E-state index contributed by atoms with van der Waals surface area (Å²) in [4.78, 5) is 40.4. The second-order valence-corrected chi connectivity index (χ2v) is 8.44. The van der Waals surface area contributed by atoms with Crippen molar-refractivity contribution in [3.63, 3.8) is 0 Å². The quantitative estimate of drug-likeness (QED) is 0.558. The normalized spacial score (nSPS) is 17.5. The molecule has 0 aliphatic carbocycles. The molecule has 1 saturated heterocycles.